The van der Waals surface area contributed by atoms with Gasteiger partial charge in [-0.05, 0) is 71.3 Å². The largest absolute Gasteiger partial charge is 0.454 e. The summed E-state index contributed by atoms with van der Waals surface area (Å²) in [5.74, 6) is 0. The molecule has 5 nitrogen and oxygen atoms in total. The predicted molar refractivity (Wildman–Crippen MR) is 235 cm³/mol. The molecule has 0 saturated heterocycles. The Morgan fingerprint density at radius 3 is 1.82 bits per heavy atom. The van der Waals surface area contributed by atoms with Crippen molar-refractivity contribution in [3.63, 3.8) is 0 Å². The van der Waals surface area contributed by atoms with Crippen molar-refractivity contribution < 1.29 is 4.42 Å². The van der Waals surface area contributed by atoms with Crippen LogP contribution >= 0.6 is 0 Å². The summed E-state index contributed by atoms with van der Waals surface area (Å²) in [5, 5.41) is 14.8. The number of aromatic nitrogens is 2. The van der Waals surface area contributed by atoms with Gasteiger partial charge in [0.05, 0.1) is 33.8 Å². The van der Waals surface area contributed by atoms with Crippen LogP contribution < -0.4 is 10.6 Å². The van der Waals surface area contributed by atoms with Crippen LogP contribution in [0.5, 0.6) is 0 Å². The molecule has 5 heteroatoms. The van der Waals surface area contributed by atoms with E-state index in [0.29, 0.717) is 0 Å². The van der Waals surface area contributed by atoms with Gasteiger partial charge in [-0.2, -0.15) is 0 Å². The van der Waals surface area contributed by atoms with Gasteiger partial charge in [-0.3, -0.25) is 5.32 Å². The maximum Gasteiger partial charge on any atom is 0.159 e. The van der Waals surface area contributed by atoms with Gasteiger partial charge in [0.15, 0.2) is 5.58 Å². The molecule has 0 fully saturated rings. The summed E-state index contributed by atoms with van der Waals surface area (Å²) in [6, 6.07) is 67.3. The highest BCUT2D eigenvalue weighted by Gasteiger charge is 2.26. The maximum atomic E-state index is 6.99. The maximum absolute atomic E-state index is 6.99. The minimum atomic E-state index is -0.136. The van der Waals surface area contributed by atoms with Crippen molar-refractivity contribution in [1.29, 1.82) is 0 Å². The molecular weight excluding hydrogens is 697 g/mol. The van der Waals surface area contributed by atoms with E-state index in [1.807, 2.05) is 0 Å². The lowest BCUT2D eigenvalue weighted by molar-refractivity contribution is 0.442. The molecule has 12 rings (SSSR count). The van der Waals surface area contributed by atoms with Crippen molar-refractivity contribution in [1.82, 2.24) is 19.8 Å². The van der Waals surface area contributed by atoms with Gasteiger partial charge in [-0.1, -0.05) is 140 Å². The van der Waals surface area contributed by atoms with Crippen LogP contribution in [0.2, 0.25) is 0 Å². The Morgan fingerprint density at radius 1 is 0.439 bits per heavy atom. The average molecular weight is 733 g/mol. The van der Waals surface area contributed by atoms with Crippen LogP contribution in [0.3, 0.4) is 0 Å². The summed E-state index contributed by atoms with van der Waals surface area (Å²) in [6.45, 7) is 0. The van der Waals surface area contributed by atoms with Crippen molar-refractivity contribution in [2.45, 2.75) is 12.2 Å². The van der Waals surface area contributed by atoms with Gasteiger partial charge in [0.1, 0.15) is 11.7 Å². The van der Waals surface area contributed by atoms with Crippen LogP contribution in [0.25, 0.3) is 82.6 Å². The van der Waals surface area contributed by atoms with E-state index in [0.717, 1.165) is 61.2 Å². The van der Waals surface area contributed by atoms with Gasteiger partial charge in [0, 0.05) is 43.7 Å². The zero-order valence-electron chi connectivity index (χ0n) is 30.9. The second-order valence-corrected chi connectivity index (χ2v) is 15.0. The number of benzene rings is 8. The second-order valence-electron chi connectivity index (χ2n) is 15.0. The molecule has 3 aromatic heterocycles. The average Bonchev–Trinajstić information content (AvgIpc) is 3.93. The number of furan rings is 1. The molecule has 2 atom stereocenters. The lowest BCUT2D eigenvalue weighted by Gasteiger charge is -2.33. The van der Waals surface area contributed by atoms with E-state index >= 15 is 0 Å². The standard InChI is InChI=1S/C52H36N4O/c1-4-15-33(16-5-1)43-31-44(34-17-6-2-7-18-34)54-52(53-43)35-27-28-39-40-23-14-26-47(51(40)57-50(39)29-35)56-46-25-13-11-22-38(46)42-30-41-37-21-10-12-24-45(37)55(48(41)32-49(42)56)36-19-8-3-9-20-36/h1-32,43,52-54H. The highest BCUT2D eigenvalue weighted by atomic mass is 16.3. The molecule has 0 spiro atoms. The number of nitrogens with one attached hydrogen (secondary N) is 2. The third-order valence-electron chi connectivity index (χ3n) is 11.8. The van der Waals surface area contributed by atoms with Crippen molar-refractivity contribution >= 4 is 71.2 Å². The number of para-hydroxylation sites is 4. The first kappa shape index (κ1) is 32.0. The van der Waals surface area contributed by atoms with Crippen LogP contribution in [-0.2, 0) is 0 Å². The first-order valence-corrected chi connectivity index (χ1v) is 19.6. The Kier molecular flexibility index (Phi) is 7.06. The molecule has 57 heavy (non-hydrogen) atoms. The van der Waals surface area contributed by atoms with Crippen molar-refractivity contribution in [2.75, 3.05) is 0 Å². The van der Waals surface area contributed by atoms with Gasteiger partial charge in [-0.25, -0.2) is 0 Å². The number of rotatable bonds is 5. The van der Waals surface area contributed by atoms with E-state index in [1.165, 1.54) is 38.1 Å². The fourth-order valence-corrected chi connectivity index (χ4v) is 9.17. The summed E-state index contributed by atoms with van der Waals surface area (Å²) < 4.78 is 11.8. The van der Waals surface area contributed by atoms with Gasteiger partial charge >= 0.3 is 0 Å². The van der Waals surface area contributed by atoms with E-state index in [-0.39, 0.29) is 12.2 Å². The first-order chi connectivity index (χ1) is 28.3. The van der Waals surface area contributed by atoms with Crippen molar-refractivity contribution in [3.05, 3.63) is 211 Å². The second kappa shape index (κ2) is 12.6. The summed E-state index contributed by atoms with van der Waals surface area (Å²) in [5.41, 5.74) is 13.1. The smallest absolute Gasteiger partial charge is 0.159 e. The molecule has 0 saturated carbocycles. The summed E-state index contributed by atoms with van der Waals surface area (Å²) in [6.07, 6.45) is 2.15. The molecule has 1 aliphatic heterocycles. The van der Waals surface area contributed by atoms with E-state index < -0.39 is 0 Å². The molecule has 0 amide bonds. The topological polar surface area (TPSA) is 47.1 Å². The van der Waals surface area contributed by atoms with Gasteiger partial charge in [-0.15, -0.1) is 0 Å². The molecule has 2 N–H and O–H groups in total. The van der Waals surface area contributed by atoms with Crippen LogP contribution in [0.1, 0.15) is 28.9 Å². The van der Waals surface area contributed by atoms with Gasteiger partial charge in [0.2, 0.25) is 0 Å². The Labute approximate surface area is 328 Å². The quantitative estimate of drug-likeness (QED) is 0.185. The number of fused-ring (bicyclic) bond motifs is 9. The molecule has 0 aliphatic carbocycles. The molecule has 0 radical (unpaired) electrons. The monoisotopic (exact) mass is 732 g/mol. The van der Waals surface area contributed by atoms with Crippen LogP contribution in [-0.4, -0.2) is 9.13 Å². The Hall–Kier alpha value is -7.34. The van der Waals surface area contributed by atoms with Gasteiger partial charge in [0.25, 0.3) is 0 Å². The number of hydrogen-bond donors (Lipinski definition) is 2. The van der Waals surface area contributed by atoms with Crippen molar-refractivity contribution in [2.24, 2.45) is 0 Å². The van der Waals surface area contributed by atoms with E-state index in [1.54, 1.807) is 0 Å². The minimum absolute atomic E-state index is 0.0352. The lowest BCUT2D eigenvalue weighted by atomic mass is 9.98. The zero-order valence-corrected chi connectivity index (χ0v) is 30.9. The fraction of sp³-hybridized carbons (Fsp3) is 0.0385. The Morgan fingerprint density at radius 2 is 1.07 bits per heavy atom. The molecular formula is C52H36N4O. The predicted octanol–water partition coefficient (Wildman–Crippen LogP) is 12.8. The summed E-state index contributed by atoms with van der Waals surface area (Å²) in [7, 11) is 0. The highest BCUT2D eigenvalue weighted by molar-refractivity contribution is 6.20. The molecule has 1 aliphatic rings. The van der Waals surface area contributed by atoms with Crippen LogP contribution in [0.4, 0.5) is 0 Å². The molecule has 4 heterocycles. The van der Waals surface area contributed by atoms with Gasteiger partial charge < -0.3 is 18.9 Å². The first-order valence-electron chi connectivity index (χ1n) is 19.6. The Balaban J connectivity index is 1.04. The molecule has 8 aromatic carbocycles. The van der Waals surface area contributed by atoms with Crippen LogP contribution in [0, 0.1) is 0 Å². The third-order valence-corrected chi connectivity index (χ3v) is 11.8. The molecule has 0 bridgehead atoms. The normalized spacial score (nSPS) is 15.9. The molecule has 11 aromatic rings. The molecule has 2 unspecified atom stereocenters. The van der Waals surface area contributed by atoms with Crippen molar-refractivity contribution in [3.8, 4) is 11.4 Å². The van der Waals surface area contributed by atoms with E-state index in [4.69, 9.17) is 4.42 Å². The molecule has 270 valence electrons. The summed E-state index contributed by atoms with van der Waals surface area (Å²) in [4.78, 5) is 0. The SMILES string of the molecule is C1=C(c2ccccc2)NC(c2ccc3c(c2)oc2c(-n4c5ccccc5c5cc6c7ccccc7n(-c7ccccc7)c6cc54)cccc23)NC1c1ccccc1. The number of hydrogen-bond acceptors (Lipinski definition) is 3. The third kappa shape index (κ3) is 4.99. The lowest BCUT2D eigenvalue weighted by Crippen LogP contribution is -2.39. The minimum Gasteiger partial charge on any atom is -0.454 e. The Bertz CT molecular complexity index is 3360. The number of nitrogens with zero attached hydrogens (tertiary/aromatic N) is 2. The fourth-order valence-electron chi connectivity index (χ4n) is 9.17. The van der Waals surface area contributed by atoms with Crippen LogP contribution in [0.15, 0.2) is 199 Å². The van der Waals surface area contributed by atoms with E-state index in [2.05, 4.69) is 214 Å². The highest BCUT2D eigenvalue weighted by Crippen LogP contribution is 2.42. The summed E-state index contributed by atoms with van der Waals surface area (Å²) >= 11 is 0. The van der Waals surface area contributed by atoms with E-state index in [9.17, 15) is 0 Å². The zero-order chi connectivity index (χ0) is 37.5.